The molecule has 0 fully saturated rings. The Labute approximate surface area is 130 Å². The molecule has 0 saturated carbocycles. The van der Waals surface area contributed by atoms with E-state index in [9.17, 15) is 0 Å². The third-order valence-electron chi connectivity index (χ3n) is 3.21. The number of thiazole rings is 1. The Balaban J connectivity index is 2.18. The fourth-order valence-electron chi connectivity index (χ4n) is 2.18. The Morgan fingerprint density at radius 3 is 2.65 bits per heavy atom. The van der Waals surface area contributed by atoms with Crippen molar-refractivity contribution >= 4 is 22.9 Å². The van der Waals surface area contributed by atoms with Gasteiger partial charge in [-0.1, -0.05) is 43.6 Å². The zero-order valence-corrected chi connectivity index (χ0v) is 13.8. The molecule has 0 aliphatic heterocycles. The molecule has 1 unspecified atom stereocenters. The van der Waals surface area contributed by atoms with Gasteiger partial charge in [0, 0.05) is 41.0 Å². The van der Waals surface area contributed by atoms with E-state index in [-0.39, 0.29) is 0 Å². The van der Waals surface area contributed by atoms with Gasteiger partial charge in [-0.3, -0.25) is 0 Å². The molecule has 1 aromatic heterocycles. The van der Waals surface area contributed by atoms with Crippen molar-refractivity contribution < 1.29 is 0 Å². The number of aryl methyl sites for hydroxylation is 1. The second kappa shape index (κ2) is 7.21. The van der Waals surface area contributed by atoms with Crippen LogP contribution < -0.4 is 5.32 Å². The van der Waals surface area contributed by atoms with E-state index in [0.29, 0.717) is 12.0 Å². The summed E-state index contributed by atoms with van der Waals surface area (Å²) in [5.41, 5.74) is 2.30. The van der Waals surface area contributed by atoms with E-state index in [0.717, 1.165) is 23.7 Å². The van der Waals surface area contributed by atoms with E-state index >= 15 is 0 Å². The molecular formula is C16H21ClN2S. The normalized spacial score (nSPS) is 12.8. The minimum Gasteiger partial charge on any atom is -0.314 e. The lowest BCUT2D eigenvalue weighted by molar-refractivity contribution is 0.526. The minimum atomic E-state index is 0.358. The Bertz CT molecular complexity index is 551. The molecule has 0 radical (unpaired) electrons. The lowest BCUT2D eigenvalue weighted by Gasteiger charge is -2.20. The van der Waals surface area contributed by atoms with Gasteiger partial charge in [0.25, 0.3) is 0 Å². The zero-order chi connectivity index (χ0) is 14.5. The van der Waals surface area contributed by atoms with Gasteiger partial charge in [-0.05, 0) is 18.6 Å². The van der Waals surface area contributed by atoms with Crippen LogP contribution in [-0.2, 0) is 6.42 Å². The molecule has 1 N–H and O–H groups in total. The van der Waals surface area contributed by atoms with Crippen LogP contribution in [0.15, 0.2) is 29.6 Å². The lowest BCUT2D eigenvalue weighted by atomic mass is 9.95. The van der Waals surface area contributed by atoms with Crippen LogP contribution in [-0.4, -0.2) is 17.6 Å². The van der Waals surface area contributed by atoms with Crippen LogP contribution in [0.1, 0.15) is 36.0 Å². The van der Waals surface area contributed by atoms with Crippen LogP contribution in [0.25, 0.3) is 0 Å². The predicted octanol–water partition coefficient (Wildman–Crippen LogP) is 4.43. The number of nitrogens with one attached hydrogen (secondary N) is 1. The molecule has 0 bridgehead atoms. The van der Waals surface area contributed by atoms with Gasteiger partial charge < -0.3 is 5.32 Å². The van der Waals surface area contributed by atoms with Crippen molar-refractivity contribution in [3.05, 3.63) is 50.9 Å². The third-order valence-corrected chi connectivity index (χ3v) is 4.54. The van der Waals surface area contributed by atoms with Crippen molar-refractivity contribution in [2.75, 3.05) is 6.54 Å². The molecule has 0 saturated heterocycles. The number of aromatic nitrogens is 1. The van der Waals surface area contributed by atoms with Crippen LogP contribution in [0.5, 0.6) is 0 Å². The average Bonchev–Trinajstić information content (AvgIpc) is 2.81. The molecule has 2 rings (SSSR count). The molecule has 1 heterocycles. The first-order chi connectivity index (χ1) is 9.56. The highest BCUT2D eigenvalue weighted by molar-refractivity contribution is 7.09. The largest absolute Gasteiger partial charge is 0.314 e. The topological polar surface area (TPSA) is 24.9 Å². The van der Waals surface area contributed by atoms with E-state index in [2.05, 4.69) is 41.7 Å². The molecular weight excluding hydrogens is 288 g/mol. The van der Waals surface area contributed by atoms with Crippen molar-refractivity contribution in [3.8, 4) is 0 Å². The van der Waals surface area contributed by atoms with Crippen LogP contribution in [0.4, 0.5) is 0 Å². The summed E-state index contributed by atoms with van der Waals surface area (Å²) < 4.78 is 0. The maximum atomic E-state index is 6.36. The summed E-state index contributed by atoms with van der Waals surface area (Å²) in [5, 5.41) is 7.65. The van der Waals surface area contributed by atoms with E-state index in [1.165, 1.54) is 10.6 Å². The van der Waals surface area contributed by atoms with E-state index in [4.69, 9.17) is 11.6 Å². The molecule has 20 heavy (non-hydrogen) atoms. The van der Waals surface area contributed by atoms with Gasteiger partial charge in [0.2, 0.25) is 0 Å². The van der Waals surface area contributed by atoms with Gasteiger partial charge >= 0.3 is 0 Å². The summed E-state index contributed by atoms with van der Waals surface area (Å²) in [6.45, 7) is 7.28. The molecule has 108 valence electrons. The number of rotatable bonds is 6. The molecule has 0 aliphatic rings. The van der Waals surface area contributed by atoms with Gasteiger partial charge in [0.05, 0.1) is 5.01 Å². The smallest absolute Gasteiger partial charge is 0.0934 e. The second-order valence-corrected chi connectivity index (χ2v) is 6.72. The average molecular weight is 309 g/mol. The fourth-order valence-corrected chi connectivity index (χ4v) is 3.33. The van der Waals surface area contributed by atoms with E-state index < -0.39 is 0 Å². The monoisotopic (exact) mass is 308 g/mol. The molecule has 0 spiro atoms. The van der Waals surface area contributed by atoms with Crippen LogP contribution in [0.2, 0.25) is 5.02 Å². The van der Waals surface area contributed by atoms with Crippen molar-refractivity contribution in [1.29, 1.82) is 0 Å². The maximum Gasteiger partial charge on any atom is 0.0934 e. The van der Waals surface area contributed by atoms with Crippen molar-refractivity contribution in [2.24, 2.45) is 0 Å². The number of hydrogen-bond donors (Lipinski definition) is 1. The Morgan fingerprint density at radius 1 is 1.30 bits per heavy atom. The molecule has 0 amide bonds. The first kappa shape index (κ1) is 15.5. The highest BCUT2D eigenvalue weighted by Crippen LogP contribution is 2.28. The van der Waals surface area contributed by atoms with Gasteiger partial charge in [-0.15, -0.1) is 11.3 Å². The Morgan fingerprint density at radius 2 is 2.05 bits per heavy atom. The number of benzene rings is 1. The maximum absolute atomic E-state index is 6.36. The Kier molecular flexibility index (Phi) is 5.58. The molecule has 1 atom stereocenters. The summed E-state index contributed by atoms with van der Waals surface area (Å²) in [7, 11) is 0. The number of nitrogens with zero attached hydrogens (tertiary/aromatic N) is 1. The summed E-state index contributed by atoms with van der Waals surface area (Å²) in [4.78, 5) is 4.58. The van der Waals surface area contributed by atoms with Crippen LogP contribution in [0, 0.1) is 6.92 Å². The lowest BCUT2D eigenvalue weighted by Crippen LogP contribution is -2.29. The highest BCUT2D eigenvalue weighted by Gasteiger charge is 2.17. The second-order valence-electron chi connectivity index (χ2n) is 5.37. The summed E-state index contributed by atoms with van der Waals surface area (Å²) >= 11 is 8.09. The van der Waals surface area contributed by atoms with Crippen LogP contribution >= 0.6 is 22.9 Å². The molecule has 0 aliphatic carbocycles. The van der Waals surface area contributed by atoms with E-state index in [1.807, 2.05) is 19.1 Å². The molecule has 2 aromatic rings. The van der Waals surface area contributed by atoms with Crippen molar-refractivity contribution in [2.45, 2.75) is 39.2 Å². The fraction of sp³-hybridized carbons (Fsp3) is 0.438. The highest BCUT2D eigenvalue weighted by atomic mass is 35.5. The predicted molar refractivity (Wildman–Crippen MR) is 87.9 cm³/mol. The quantitative estimate of drug-likeness (QED) is 0.854. The van der Waals surface area contributed by atoms with Crippen molar-refractivity contribution in [1.82, 2.24) is 10.3 Å². The number of hydrogen-bond acceptors (Lipinski definition) is 3. The van der Waals surface area contributed by atoms with Crippen LogP contribution in [0.3, 0.4) is 0 Å². The van der Waals surface area contributed by atoms with Gasteiger partial charge in [0.15, 0.2) is 0 Å². The van der Waals surface area contributed by atoms with Gasteiger partial charge in [0.1, 0.15) is 0 Å². The summed E-state index contributed by atoms with van der Waals surface area (Å²) in [6.07, 6.45) is 0.932. The third kappa shape index (κ3) is 4.30. The first-order valence-electron chi connectivity index (χ1n) is 6.95. The minimum absolute atomic E-state index is 0.358. The standard InChI is InChI=1S/C16H21ClN2S/c1-11(2)18-9-13(8-16-19-12(3)10-20-16)14-6-4-5-7-15(14)17/h4-7,10-11,13,18H,8-9H2,1-3H3. The zero-order valence-electron chi connectivity index (χ0n) is 12.2. The first-order valence-corrected chi connectivity index (χ1v) is 8.21. The molecule has 1 aromatic carbocycles. The van der Waals surface area contributed by atoms with Crippen molar-refractivity contribution in [3.63, 3.8) is 0 Å². The molecule has 2 nitrogen and oxygen atoms in total. The Hall–Kier alpha value is -0.900. The molecule has 4 heteroatoms. The van der Waals surface area contributed by atoms with Gasteiger partial charge in [-0.2, -0.15) is 0 Å². The SMILES string of the molecule is Cc1csc(CC(CNC(C)C)c2ccccc2Cl)n1. The summed E-state index contributed by atoms with van der Waals surface area (Å²) in [5.74, 6) is 0.358. The van der Waals surface area contributed by atoms with Gasteiger partial charge in [-0.25, -0.2) is 4.98 Å². The van der Waals surface area contributed by atoms with E-state index in [1.54, 1.807) is 11.3 Å². The summed E-state index contributed by atoms with van der Waals surface area (Å²) in [6, 6.07) is 8.59. The number of halogens is 1.